The molecule has 0 radical (unpaired) electrons. The zero-order valence-electron chi connectivity index (χ0n) is 8.55. The maximum atomic E-state index is 13.3. The molecule has 0 aromatic heterocycles. The highest BCUT2D eigenvalue weighted by Crippen LogP contribution is 2.33. The Morgan fingerprint density at radius 2 is 2.07 bits per heavy atom. The molecule has 0 bridgehead atoms. The average molecular weight is 211 g/mol. The lowest BCUT2D eigenvalue weighted by Gasteiger charge is -2.11. The first-order valence-electron chi connectivity index (χ1n) is 5.35. The van der Waals surface area contributed by atoms with Gasteiger partial charge in [0, 0.05) is 6.04 Å². The minimum atomic E-state index is -0.786. The SMILES string of the molecule is NC(Cc1cccc(F)c1F)CC1CC1. The van der Waals surface area contributed by atoms with Gasteiger partial charge in [-0.25, -0.2) is 8.78 Å². The second kappa shape index (κ2) is 4.27. The Morgan fingerprint density at radius 1 is 1.33 bits per heavy atom. The third kappa shape index (κ3) is 2.75. The van der Waals surface area contributed by atoms with Crippen LogP contribution in [0.5, 0.6) is 0 Å². The lowest BCUT2D eigenvalue weighted by molar-refractivity contribution is 0.486. The normalized spacial score (nSPS) is 17.8. The standard InChI is InChI=1S/C12H15F2N/c13-11-3-1-2-9(12(11)14)7-10(15)6-8-4-5-8/h1-3,8,10H,4-7,15H2. The van der Waals surface area contributed by atoms with Gasteiger partial charge in [0.1, 0.15) is 0 Å². The molecule has 15 heavy (non-hydrogen) atoms. The molecule has 0 heterocycles. The van der Waals surface area contributed by atoms with Crippen molar-refractivity contribution in [1.29, 1.82) is 0 Å². The van der Waals surface area contributed by atoms with Gasteiger partial charge in [0.25, 0.3) is 0 Å². The monoisotopic (exact) mass is 211 g/mol. The Hall–Kier alpha value is -0.960. The number of hydrogen-bond acceptors (Lipinski definition) is 1. The predicted molar refractivity (Wildman–Crippen MR) is 55.4 cm³/mol. The molecule has 82 valence electrons. The third-order valence-corrected chi connectivity index (χ3v) is 2.85. The highest BCUT2D eigenvalue weighted by Gasteiger charge is 2.24. The van der Waals surface area contributed by atoms with Crippen LogP contribution in [0.4, 0.5) is 8.78 Å². The Bertz CT molecular complexity index is 347. The second-order valence-corrected chi connectivity index (χ2v) is 4.36. The van der Waals surface area contributed by atoms with Gasteiger partial charge in [-0.15, -0.1) is 0 Å². The number of halogens is 2. The molecule has 1 aliphatic carbocycles. The fourth-order valence-electron chi connectivity index (χ4n) is 1.85. The van der Waals surface area contributed by atoms with Gasteiger partial charge in [-0.1, -0.05) is 25.0 Å². The van der Waals surface area contributed by atoms with E-state index in [2.05, 4.69) is 0 Å². The molecular formula is C12H15F2N. The van der Waals surface area contributed by atoms with Gasteiger partial charge in [-0.05, 0) is 30.4 Å². The molecule has 2 rings (SSSR count). The summed E-state index contributed by atoms with van der Waals surface area (Å²) in [4.78, 5) is 0. The van der Waals surface area contributed by atoms with Crippen molar-refractivity contribution >= 4 is 0 Å². The zero-order chi connectivity index (χ0) is 10.8. The molecule has 1 aromatic carbocycles. The van der Waals surface area contributed by atoms with Crippen molar-refractivity contribution in [3.63, 3.8) is 0 Å². The second-order valence-electron chi connectivity index (χ2n) is 4.36. The molecule has 1 aromatic rings. The molecule has 0 spiro atoms. The summed E-state index contributed by atoms with van der Waals surface area (Å²) in [6.45, 7) is 0. The van der Waals surface area contributed by atoms with Crippen LogP contribution >= 0.6 is 0 Å². The van der Waals surface area contributed by atoms with Crippen LogP contribution in [0.2, 0.25) is 0 Å². The average Bonchev–Trinajstić information content (AvgIpc) is 2.97. The van der Waals surface area contributed by atoms with Gasteiger partial charge < -0.3 is 5.73 Å². The first kappa shape index (κ1) is 10.6. The Labute approximate surface area is 88.3 Å². The first-order valence-corrected chi connectivity index (χ1v) is 5.35. The van der Waals surface area contributed by atoms with E-state index in [1.165, 1.54) is 18.9 Å². The van der Waals surface area contributed by atoms with Gasteiger partial charge >= 0.3 is 0 Å². The summed E-state index contributed by atoms with van der Waals surface area (Å²) >= 11 is 0. The molecule has 0 saturated heterocycles. The molecular weight excluding hydrogens is 196 g/mol. The van der Waals surface area contributed by atoms with Crippen molar-refractivity contribution in [2.45, 2.75) is 31.7 Å². The van der Waals surface area contributed by atoms with Crippen LogP contribution < -0.4 is 5.73 Å². The van der Waals surface area contributed by atoms with Gasteiger partial charge in [-0.3, -0.25) is 0 Å². The van der Waals surface area contributed by atoms with Crippen LogP contribution in [0.3, 0.4) is 0 Å². The first-order chi connectivity index (χ1) is 7.16. The molecule has 1 saturated carbocycles. The predicted octanol–water partition coefficient (Wildman–Crippen LogP) is 2.63. The number of benzene rings is 1. The summed E-state index contributed by atoms with van der Waals surface area (Å²) in [5, 5.41) is 0. The third-order valence-electron chi connectivity index (χ3n) is 2.85. The summed E-state index contributed by atoms with van der Waals surface area (Å²) in [6.07, 6.45) is 3.83. The van der Waals surface area contributed by atoms with Crippen LogP contribution in [0.25, 0.3) is 0 Å². The summed E-state index contributed by atoms with van der Waals surface area (Å²) < 4.78 is 26.2. The van der Waals surface area contributed by atoms with E-state index in [1.807, 2.05) is 0 Å². The van der Waals surface area contributed by atoms with E-state index in [9.17, 15) is 8.78 Å². The fourth-order valence-corrected chi connectivity index (χ4v) is 1.85. The van der Waals surface area contributed by atoms with E-state index in [1.54, 1.807) is 6.07 Å². The lowest BCUT2D eigenvalue weighted by atomic mass is 10.0. The smallest absolute Gasteiger partial charge is 0.162 e. The largest absolute Gasteiger partial charge is 0.327 e. The van der Waals surface area contributed by atoms with Crippen molar-refractivity contribution in [1.82, 2.24) is 0 Å². The molecule has 0 amide bonds. The number of hydrogen-bond donors (Lipinski definition) is 1. The molecule has 1 fully saturated rings. The zero-order valence-corrected chi connectivity index (χ0v) is 8.55. The highest BCUT2D eigenvalue weighted by atomic mass is 19.2. The number of rotatable bonds is 4. The van der Waals surface area contributed by atoms with Gasteiger partial charge in [0.05, 0.1) is 0 Å². The van der Waals surface area contributed by atoms with Crippen molar-refractivity contribution in [2.24, 2.45) is 11.7 Å². The summed E-state index contributed by atoms with van der Waals surface area (Å²) in [7, 11) is 0. The van der Waals surface area contributed by atoms with E-state index in [0.29, 0.717) is 12.0 Å². The van der Waals surface area contributed by atoms with Gasteiger partial charge in [-0.2, -0.15) is 0 Å². The summed E-state index contributed by atoms with van der Waals surface area (Å²) in [5.74, 6) is -0.813. The van der Waals surface area contributed by atoms with E-state index < -0.39 is 11.6 Å². The topological polar surface area (TPSA) is 26.0 Å². The fraction of sp³-hybridized carbons (Fsp3) is 0.500. The Kier molecular flexibility index (Phi) is 3.00. The van der Waals surface area contributed by atoms with E-state index in [-0.39, 0.29) is 6.04 Å². The Morgan fingerprint density at radius 3 is 2.73 bits per heavy atom. The lowest BCUT2D eigenvalue weighted by Crippen LogP contribution is -2.24. The molecule has 1 atom stereocenters. The Balaban J connectivity index is 1.99. The maximum absolute atomic E-state index is 13.3. The molecule has 1 unspecified atom stereocenters. The summed E-state index contributed by atoms with van der Waals surface area (Å²) in [5.41, 5.74) is 6.27. The van der Waals surface area contributed by atoms with Crippen molar-refractivity contribution in [2.75, 3.05) is 0 Å². The summed E-state index contributed by atoms with van der Waals surface area (Å²) in [6, 6.07) is 4.21. The quantitative estimate of drug-likeness (QED) is 0.814. The molecule has 0 aliphatic heterocycles. The van der Waals surface area contributed by atoms with Crippen molar-refractivity contribution in [3.8, 4) is 0 Å². The van der Waals surface area contributed by atoms with Crippen molar-refractivity contribution in [3.05, 3.63) is 35.4 Å². The van der Waals surface area contributed by atoms with Gasteiger partial charge in [0.15, 0.2) is 11.6 Å². The van der Waals surface area contributed by atoms with Gasteiger partial charge in [0.2, 0.25) is 0 Å². The van der Waals surface area contributed by atoms with Crippen LogP contribution in [0.15, 0.2) is 18.2 Å². The molecule has 2 N–H and O–H groups in total. The molecule has 1 aliphatic rings. The van der Waals surface area contributed by atoms with E-state index in [4.69, 9.17) is 5.73 Å². The van der Waals surface area contributed by atoms with Crippen molar-refractivity contribution < 1.29 is 8.78 Å². The highest BCUT2D eigenvalue weighted by molar-refractivity contribution is 5.20. The minimum Gasteiger partial charge on any atom is -0.327 e. The maximum Gasteiger partial charge on any atom is 0.162 e. The van der Waals surface area contributed by atoms with Crippen LogP contribution in [-0.2, 0) is 6.42 Å². The van der Waals surface area contributed by atoms with E-state index in [0.717, 1.165) is 18.4 Å². The van der Waals surface area contributed by atoms with E-state index >= 15 is 0 Å². The van der Waals surface area contributed by atoms with Crippen LogP contribution in [-0.4, -0.2) is 6.04 Å². The minimum absolute atomic E-state index is 0.0474. The van der Waals surface area contributed by atoms with Crippen LogP contribution in [0, 0.1) is 17.6 Å². The molecule has 3 heteroatoms. The number of nitrogens with two attached hydrogens (primary N) is 1. The van der Waals surface area contributed by atoms with Crippen LogP contribution in [0.1, 0.15) is 24.8 Å². The molecule has 1 nitrogen and oxygen atoms in total.